The summed E-state index contributed by atoms with van der Waals surface area (Å²) in [5.41, 5.74) is 3.26. The van der Waals surface area contributed by atoms with Gasteiger partial charge in [-0.1, -0.05) is 67.0 Å². The third-order valence-electron chi connectivity index (χ3n) is 13.0. The number of Topliss-reactive ketones (excluding diaryl/α,β-unsaturated/α-hetero) is 1. The first-order chi connectivity index (χ1) is 14.3. The quantitative estimate of drug-likeness (QED) is 0.387. The van der Waals surface area contributed by atoms with Crippen LogP contribution in [-0.4, -0.2) is 5.78 Å². The van der Waals surface area contributed by atoms with Gasteiger partial charge in [0.2, 0.25) is 0 Å². The van der Waals surface area contributed by atoms with Gasteiger partial charge < -0.3 is 0 Å². The fourth-order valence-electron chi connectivity index (χ4n) is 11.1. The molecule has 31 heavy (non-hydrogen) atoms. The summed E-state index contributed by atoms with van der Waals surface area (Å²) in [6, 6.07) is 0. The SMILES string of the molecule is CC(C)[C@@H]1CC[C@H]2[C@@]1(C)CC[C@@]1(C)[C@@H]3CC[C@@H]4C(C)(C)C(=O)CC[C@]4(C)C3=CC[C@]21C. The van der Waals surface area contributed by atoms with E-state index in [1.54, 1.807) is 5.57 Å². The number of fused-ring (bicyclic) bond motifs is 7. The van der Waals surface area contributed by atoms with Crippen molar-refractivity contribution in [1.29, 1.82) is 0 Å². The maximum absolute atomic E-state index is 12.8. The second kappa shape index (κ2) is 6.50. The Bertz CT molecular complexity index is 818. The number of ketones is 1. The normalized spacial score (nSPS) is 53.3. The Morgan fingerprint density at radius 1 is 0.839 bits per heavy atom. The summed E-state index contributed by atoms with van der Waals surface area (Å²) in [5, 5.41) is 0. The minimum Gasteiger partial charge on any atom is -0.299 e. The average molecular weight is 425 g/mol. The maximum Gasteiger partial charge on any atom is 0.138 e. The third-order valence-corrected chi connectivity index (χ3v) is 13.0. The van der Waals surface area contributed by atoms with Crippen LogP contribution in [0.25, 0.3) is 0 Å². The molecule has 0 aromatic carbocycles. The number of carbonyl (C=O) groups excluding carboxylic acids is 1. The lowest BCUT2D eigenvalue weighted by atomic mass is 9.36. The Balaban J connectivity index is 1.56. The summed E-state index contributed by atoms with van der Waals surface area (Å²) in [6.07, 6.45) is 14.2. The molecule has 0 radical (unpaired) electrons. The Kier molecular flexibility index (Phi) is 4.66. The number of carbonyl (C=O) groups is 1. The van der Waals surface area contributed by atoms with Crippen molar-refractivity contribution in [1.82, 2.24) is 0 Å². The van der Waals surface area contributed by atoms with E-state index in [0.29, 0.717) is 27.9 Å². The zero-order valence-electron chi connectivity index (χ0n) is 21.7. The first-order valence-electron chi connectivity index (χ1n) is 13.6. The molecule has 0 heterocycles. The smallest absolute Gasteiger partial charge is 0.138 e. The highest BCUT2D eigenvalue weighted by molar-refractivity contribution is 5.85. The van der Waals surface area contributed by atoms with Gasteiger partial charge in [-0.25, -0.2) is 0 Å². The number of rotatable bonds is 1. The molecule has 1 heteroatoms. The number of hydrogen-bond donors (Lipinski definition) is 0. The van der Waals surface area contributed by atoms with E-state index in [1.165, 1.54) is 44.9 Å². The molecule has 1 nitrogen and oxygen atoms in total. The molecule has 0 aromatic heterocycles. The molecule has 0 N–H and O–H groups in total. The standard InChI is InChI=1S/C30H48O/c1-19(2)20-9-12-24-28(20,6)17-18-29(7)22-10-11-23-26(3,4)25(31)14-15-27(23,5)21(22)13-16-30(24,29)8/h13,19-20,22-24H,9-12,14-18H2,1-8H3/t20-,22+,23+,24-,27+,28-,29-,30+/m0/s1. The monoisotopic (exact) mass is 424 g/mol. The Hall–Kier alpha value is -0.590. The predicted octanol–water partition coefficient (Wildman–Crippen LogP) is 8.23. The molecule has 0 bridgehead atoms. The van der Waals surface area contributed by atoms with Crippen molar-refractivity contribution in [2.24, 2.45) is 56.7 Å². The molecule has 8 atom stereocenters. The van der Waals surface area contributed by atoms with Crippen molar-refractivity contribution in [3.05, 3.63) is 11.6 Å². The van der Waals surface area contributed by atoms with Crippen molar-refractivity contribution >= 4 is 5.78 Å². The van der Waals surface area contributed by atoms with Gasteiger partial charge >= 0.3 is 0 Å². The lowest BCUT2D eigenvalue weighted by Gasteiger charge is -2.68. The van der Waals surface area contributed by atoms with Crippen LogP contribution in [0.1, 0.15) is 113 Å². The molecule has 0 saturated heterocycles. The summed E-state index contributed by atoms with van der Waals surface area (Å²) >= 11 is 0. The fraction of sp³-hybridized carbons (Fsp3) is 0.900. The van der Waals surface area contributed by atoms with E-state index in [9.17, 15) is 4.79 Å². The van der Waals surface area contributed by atoms with Gasteiger partial charge in [-0.2, -0.15) is 0 Å². The average Bonchev–Trinajstić information content (AvgIpc) is 3.05. The molecule has 0 spiro atoms. The molecule has 5 rings (SSSR count). The molecule has 0 unspecified atom stereocenters. The van der Waals surface area contributed by atoms with Crippen LogP contribution < -0.4 is 0 Å². The third kappa shape index (κ3) is 2.53. The van der Waals surface area contributed by atoms with E-state index in [4.69, 9.17) is 0 Å². The van der Waals surface area contributed by atoms with Gasteiger partial charge in [0.25, 0.3) is 0 Å². The van der Waals surface area contributed by atoms with Crippen molar-refractivity contribution in [3.63, 3.8) is 0 Å². The van der Waals surface area contributed by atoms with Gasteiger partial charge in [0.15, 0.2) is 0 Å². The van der Waals surface area contributed by atoms with Crippen LogP contribution in [0.2, 0.25) is 0 Å². The zero-order valence-corrected chi connectivity index (χ0v) is 21.7. The second-order valence-corrected chi connectivity index (χ2v) is 14.4. The molecule has 0 aliphatic heterocycles. The summed E-state index contributed by atoms with van der Waals surface area (Å²) in [5.74, 6) is 4.37. The molecule has 4 saturated carbocycles. The Labute approximate surface area is 192 Å². The van der Waals surface area contributed by atoms with Crippen LogP contribution in [-0.2, 0) is 4.79 Å². The van der Waals surface area contributed by atoms with Crippen LogP contribution in [0, 0.1) is 56.7 Å². The van der Waals surface area contributed by atoms with E-state index in [-0.39, 0.29) is 10.8 Å². The first kappa shape index (κ1) is 22.2. The van der Waals surface area contributed by atoms with Crippen LogP contribution in [0.5, 0.6) is 0 Å². The van der Waals surface area contributed by atoms with Crippen LogP contribution in [0.15, 0.2) is 11.6 Å². The van der Waals surface area contributed by atoms with E-state index in [2.05, 4.69) is 61.5 Å². The van der Waals surface area contributed by atoms with Gasteiger partial charge in [-0.15, -0.1) is 0 Å². The molecule has 0 amide bonds. The van der Waals surface area contributed by atoms with Crippen molar-refractivity contribution in [3.8, 4) is 0 Å². The van der Waals surface area contributed by atoms with Crippen LogP contribution in [0.4, 0.5) is 0 Å². The highest BCUT2D eigenvalue weighted by Crippen LogP contribution is 2.76. The maximum atomic E-state index is 12.8. The van der Waals surface area contributed by atoms with E-state index in [0.717, 1.165) is 36.5 Å². The zero-order chi connectivity index (χ0) is 22.6. The molecule has 174 valence electrons. The molecule has 0 aromatic rings. The van der Waals surface area contributed by atoms with E-state index < -0.39 is 0 Å². The van der Waals surface area contributed by atoms with Gasteiger partial charge in [0, 0.05) is 11.8 Å². The molecular weight excluding hydrogens is 376 g/mol. The first-order valence-corrected chi connectivity index (χ1v) is 13.6. The van der Waals surface area contributed by atoms with Crippen LogP contribution >= 0.6 is 0 Å². The van der Waals surface area contributed by atoms with Crippen molar-refractivity contribution < 1.29 is 4.79 Å². The molecule has 5 aliphatic carbocycles. The molecule has 4 fully saturated rings. The number of hydrogen-bond acceptors (Lipinski definition) is 1. The lowest BCUT2D eigenvalue weighted by molar-refractivity contribution is -0.161. The van der Waals surface area contributed by atoms with Gasteiger partial charge in [0.1, 0.15) is 5.78 Å². The van der Waals surface area contributed by atoms with Gasteiger partial charge in [-0.3, -0.25) is 4.79 Å². The Morgan fingerprint density at radius 2 is 1.52 bits per heavy atom. The highest BCUT2D eigenvalue weighted by Gasteiger charge is 2.68. The van der Waals surface area contributed by atoms with E-state index >= 15 is 0 Å². The summed E-state index contributed by atoms with van der Waals surface area (Å²) < 4.78 is 0. The lowest BCUT2D eigenvalue weighted by Crippen LogP contribution is -2.61. The summed E-state index contributed by atoms with van der Waals surface area (Å²) in [7, 11) is 0. The van der Waals surface area contributed by atoms with Crippen molar-refractivity contribution in [2.45, 2.75) is 113 Å². The molecular formula is C30H48O. The minimum absolute atomic E-state index is 0.151. The van der Waals surface area contributed by atoms with Crippen LogP contribution in [0.3, 0.4) is 0 Å². The van der Waals surface area contributed by atoms with Gasteiger partial charge in [-0.05, 0) is 103 Å². The largest absolute Gasteiger partial charge is 0.299 e. The predicted molar refractivity (Wildman–Crippen MR) is 130 cm³/mol. The fourth-order valence-corrected chi connectivity index (χ4v) is 11.1. The summed E-state index contributed by atoms with van der Waals surface area (Å²) in [6.45, 7) is 20.1. The number of allylic oxidation sites excluding steroid dienone is 2. The van der Waals surface area contributed by atoms with Gasteiger partial charge in [0.05, 0.1) is 0 Å². The Morgan fingerprint density at radius 3 is 2.19 bits per heavy atom. The van der Waals surface area contributed by atoms with Crippen molar-refractivity contribution in [2.75, 3.05) is 0 Å². The minimum atomic E-state index is -0.151. The topological polar surface area (TPSA) is 17.1 Å². The summed E-state index contributed by atoms with van der Waals surface area (Å²) in [4.78, 5) is 12.8. The molecule has 5 aliphatic rings. The highest BCUT2D eigenvalue weighted by atomic mass is 16.1. The van der Waals surface area contributed by atoms with E-state index in [1.807, 2.05) is 0 Å². The second-order valence-electron chi connectivity index (χ2n) is 14.4.